The van der Waals surface area contributed by atoms with E-state index in [9.17, 15) is 4.79 Å². The first-order valence-corrected chi connectivity index (χ1v) is 9.26. The summed E-state index contributed by atoms with van der Waals surface area (Å²) in [4.78, 5) is 17.1. The smallest absolute Gasteiger partial charge is 0.317 e. The molecule has 0 bridgehead atoms. The lowest BCUT2D eigenvalue weighted by molar-refractivity contribution is 0.0771. The van der Waals surface area contributed by atoms with Crippen LogP contribution >= 0.6 is 0 Å². The fourth-order valence-corrected chi connectivity index (χ4v) is 4.01. The number of benzene rings is 1. The van der Waals surface area contributed by atoms with Crippen molar-refractivity contribution < 1.29 is 4.79 Å². The zero-order valence-electron chi connectivity index (χ0n) is 14.8. The van der Waals surface area contributed by atoms with Gasteiger partial charge < -0.3 is 15.5 Å². The van der Waals surface area contributed by atoms with Crippen molar-refractivity contribution in [1.29, 1.82) is 0 Å². The number of carbonyl (C=O) groups excluding carboxylic acids is 1. The van der Waals surface area contributed by atoms with E-state index >= 15 is 0 Å². The van der Waals surface area contributed by atoms with Crippen LogP contribution in [0, 0.1) is 0 Å². The van der Waals surface area contributed by atoms with E-state index in [4.69, 9.17) is 0 Å². The van der Waals surface area contributed by atoms with Crippen LogP contribution in [0.4, 0.5) is 4.79 Å². The van der Waals surface area contributed by atoms with Gasteiger partial charge in [0.25, 0.3) is 0 Å². The molecular formula is C19H30N4O. The SMILES string of the molecule is CCC1(N2CCNCC2)CCN(C(=O)NCCc2ccccc2)C1. The molecule has 3 rings (SSSR count). The average molecular weight is 330 g/mol. The summed E-state index contributed by atoms with van der Waals surface area (Å²) in [5.41, 5.74) is 1.45. The maximum absolute atomic E-state index is 12.5. The third kappa shape index (κ3) is 3.90. The average Bonchev–Trinajstić information content (AvgIpc) is 3.09. The van der Waals surface area contributed by atoms with Gasteiger partial charge in [0, 0.05) is 51.4 Å². The van der Waals surface area contributed by atoms with Crippen LogP contribution in [-0.2, 0) is 6.42 Å². The van der Waals surface area contributed by atoms with E-state index in [1.165, 1.54) is 5.56 Å². The largest absolute Gasteiger partial charge is 0.338 e. The van der Waals surface area contributed by atoms with Gasteiger partial charge in [-0.2, -0.15) is 0 Å². The van der Waals surface area contributed by atoms with E-state index in [1.807, 2.05) is 23.1 Å². The number of piperazine rings is 1. The van der Waals surface area contributed by atoms with Gasteiger partial charge >= 0.3 is 6.03 Å². The number of hydrogen-bond donors (Lipinski definition) is 2. The molecule has 2 N–H and O–H groups in total. The summed E-state index contributed by atoms with van der Waals surface area (Å²) in [6, 6.07) is 10.4. The van der Waals surface area contributed by atoms with E-state index in [-0.39, 0.29) is 11.6 Å². The Balaban J connectivity index is 1.49. The number of nitrogens with zero attached hydrogens (tertiary/aromatic N) is 2. The maximum Gasteiger partial charge on any atom is 0.317 e. The minimum atomic E-state index is 0.0939. The topological polar surface area (TPSA) is 47.6 Å². The van der Waals surface area contributed by atoms with E-state index < -0.39 is 0 Å². The Bertz CT molecular complexity index is 529. The molecule has 1 atom stereocenters. The van der Waals surface area contributed by atoms with E-state index in [0.717, 1.165) is 58.5 Å². The Morgan fingerprint density at radius 3 is 2.67 bits per heavy atom. The van der Waals surface area contributed by atoms with Gasteiger partial charge in [-0.3, -0.25) is 4.90 Å². The number of amides is 2. The second-order valence-electron chi connectivity index (χ2n) is 6.95. The fourth-order valence-electron chi connectivity index (χ4n) is 4.01. The summed E-state index contributed by atoms with van der Waals surface area (Å²) in [5, 5.41) is 6.52. The quantitative estimate of drug-likeness (QED) is 0.864. The monoisotopic (exact) mass is 330 g/mol. The van der Waals surface area contributed by atoms with E-state index in [2.05, 4.69) is 34.6 Å². The van der Waals surface area contributed by atoms with Crippen molar-refractivity contribution in [1.82, 2.24) is 20.4 Å². The highest BCUT2D eigenvalue weighted by atomic mass is 16.2. The molecule has 5 nitrogen and oxygen atoms in total. The van der Waals surface area contributed by atoms with Crippen molar-refractivity contribution in [2.24, 2.45) is 0 Å². The number of urea groups is 1. The van der Waals surface area contributed by atoms with Crippen LogP contribution in [0.2, 0.25) is 0 Å². The first-order chi connectivity index (χ1) is 11.7. The summed E-state index contributed by atoms with van der Waals surface area (Å²) in [6.45, 7) is 9.01. The lowest BCUT2D eigenvalue weighted by atomic mass is 9.92. The molecule has 0 spiro atoms. The number of likely N-dealkylation sites (tertiary alicyclic amines) is 1. The van der Waals surface area contributed by atoms with Crippen LogP contribution in [0.25, 0.3) is 0 Å². The molecule has 0 aromatic heterocycles. The summed E-state index contributed by atoms with van der Waals surface area (Å²) < 4.78 is 0. The molecule has 2 fully saturated rings. The zero-order valence-corrected chi connectivity index (χ0v) is 14.8. The van der Waals surface area contributed by atoms with Crippen molar-refractivity contribution in [3.8, 4) is 0 Å². The van der Waals surface area contributed by atoms with Gasteiger partial charge in [0.05, 0.1) is 0 Å². The lowest BCUT2D eigenvalue weighted by Crippen LogP contribution is -2.57. The first kappa shape index (κ1) is 17.2. The van der Waals surface area contributed by atoms with Crippen LogP contribution in [0.1, 0.15) is 25.3 Å². The molecule has 24 heavy (non-hydrogen) atoms. The Hall–Kier alpha value is -1.59. The minimum Gasteiger partial charge on any atom is -0.338 e. The van der Waals surface area contributed by atoms with Crippen LogP contribution in [0.3, 0.4) is 0 Å². The third-order valence-corrected chi connectivity index (χ3v) is 5.60. The van der Waals surface area contributed by atoms with Crippen molar-refractivity contribution in [3.63, 3.8) is 0 Å². The molecule has 5 heteroatoms. The van der Waals surface area contributed by atoms with Crippen molar-refractivity contribution >= 4 is 6.03 Å². The molecule has 1 aromatic rings. The highest BCUT2D eigenvalue weighted by molar-refractivity contribution is 5.74. The van der Waals surface area contributed by atoms with E-state index in [1.54, 1.807) is 0 Å². The van der Waals surface area contributed by atoms with Gasteiger partial charge in [-0.15, -0.1) is 0 Å². The molecule has 132 valence electrons. The standard InChI is InChI=1S/C19H30N4O/c1-2-19(23-14-11-20-12-15-23)9-13-22(16-19)18(24)21-10-8-17-6-4-3-5-7-17/h3-7,20H,2,8-16H2,1H3,(H,21,24). The molecule has 2 amide bonds. The van der Waals surface area contributed by atoms with Crippen LogP contribution in [-0.4, -0.2) is 67.2 Å². The van der Waals surface area contributed by atoms with Gasteiger partial charge in [0.15, 0.2) is 0 Å². The van der Waals surface area contributed by atoms with Gasteiger partial charge in [-0.05, 0) is 24.8 Å². The van der Waals surface area contributed by atoms with Crippen molar-refractivity contribution in [3.05, 3.63) is 35.9 Å². The molecule has 2 aliphatic rings. The summed E-state index contributed by atoms with van der Waals surface area (Å²) in [7, 11) is 0. The molecule has 0 radical (unpaired) electrons. The maximum atomic E-state index is 12.5. The molecule has 2 saturated heterocycles. The summed E-state index contributed by atoms with van der Waals surface area (Å²) in [5.74, 6) is 0. The Kier molecular flexibility index (Phi) is 5.74. The number of hydrogen-bond acceptors (Lipinski definition) is 3. The Morgan fingerprint density at radius 1 is 1.21 bits per heavy atom. The molecule has 0 aliphatic carbocycles. The number of nitrogens with one attached hydrogen (secondary N) is 2. The minimum absolute atomic E-state index is 0.0939. The van der Waals surface area contributed by atoms with Crippen LogP contribution < -0.4 is 10.6 Å². The zero-order chi connectivity index (χ0) is 16.8. The molecule has 0 saturated carbocycles. The van der Waals surface area contributed by atoms with Gasteiger partial charge in [-0.25, -0.2) is 4.79 Å². The van der Waals surface area contributed by atoms with Crippen LogP contribution in [0.5, 0.6) is 0 Å². The predicted molar refractivity (Wildman–Crippen MR) is 97.2 cm³/mol. The van der Waals surface area contributed by atoms with Gasteiger partial charge in [-0.1, -0.05) is 37.3 Å². The number of rotatable bonds is 5. The summed E-state index contributed by atoms with van der Waals surface area (Å²) >= 11 is 0. The number of carbonyl (C=O) groups is 1. The van der Waals surface area contributed by atoms with E-state index in [0.29, 0.717) is 6.54 Å². The highest BCUT2D eigenvalue weighted by Crippen LogP contribution is 2.31. The van der Waals surface area contributed by atoms with Crippen molar-refractivity contribution in [2.75, 3.05) is 45.8 Å². The summed E-state index contributed by atoms with van der Waals surface area (Å²) in [6.07, 6.45) is 3.09. The fraction of sp³-hybridized carbons (Fsp3) is 0.632. The molecule has 1 unspecified atom stereocenters. The predicted octanol–water partition coefficient (Wildman–Crippen LogP) is 1.70. The highest BCUT2D eigenvalue weighted by Gasteiger charge is 2.43. The first-order valence-electron chi connectivity index (χ1n) is 9.26. The molecule has 2 aliphatic heterocycles. The molecule has 2 heterocycles. The second-order valence-corrected chi connectivity index (χ2v) is 6.95. The van der Waals surface area contributed by atoms with Crippen molar-refractivity contribution in [2.45, 2.75) is 31.7 Å². The van der Waals surface area contributed by atoms with Crippen LogP contribution in [0.15, 0.2) is 30.3 Å². The Morgan fingerprint density at radius 2 is 1.96 bits per heavy atom. The second kappa shape index (κ2) is 7.99. The molecular weight excluding hydrogens is 300 g/mol. The third-order valence-electron chi connectivity index (χ3n) is 5.60. The Labute approximate surface area is 145 Å². The molecule has 1 aromatic carbocycles. The lowest BCUT2D eigenvalue weighted by Gasteiger charge is -2.43. The van der Waals surface area contributed by atoms with Gasteiger partial charge in [0.1, 0.15) is 0 Å². The normalized spacial score (nSPS) is 25.0. The van der Waals surface area contributed by atoms with Gasteiger partial charge in [0.2, 0.25) is 0 Å².